The monoisotopic (exact) mass is 238 g/mol. The largest absolute Gasteiger partial charge is 0.353 e. The van der Waals surface area contributed by atoms with E-state index in [1.807, 2.05) is 0 Å². The highest BCUT2D eigenvalue weighted by Crippen LogP contribution is 2.04. The minimum Gasteiger partial charge on any atom is -0.353 e. The molecule has 1 aliphatic rings. The molecule has 1 atom stereocenters. The summed E-state index contributed by atoms with van der Waals surface area (Å²) < 4.78 is 0. The predicted octanol–water partition coefficient (Wildman–Crippen LogP) is -1.43. The molecule has 1 unspecified atom stereocenters. The van der Waals surface area contributed by atoms with Crippen LogP contribution in [0.4, 0.5) is 0 Å². The quantitative estimate of drug-likeness (QED) is 0.455. The number of rotatable bonds is 5. The highest BCUT2D eigenvalue weighted by molar-refractivity contribution is 5.78. The molecule has 0 aliphatic carbocycles. The number of carbonyl (C=O) groups excluding carboxylic acids is 1. The first-order valence-corrected chi connectivity index (χ1v) is 5.93. The Bertz CT molecular complexity index is 287. The lowest BCUT2D eigenvalue weighted by atomic mass is 10.2. The van der Waals surface area contributed by atoms with Gasteiger partial charge in [-0.15, -0.1) is 6.42 Å². The third kappa shape index (κ3) is 5.18. The number of hydrogen-bond donors (Lipinski definition) is 2. The Kier molecular flexibility index (Phi) is 5.98. The van der Waals surface area contributed by atoms with Crippen molar-refractivity contribution in [3.8, 4) is 12.3 Å². The van der Waals surface area contributed by atoms with Crippen molar-refractivity contribution in [1.82, 2.24) is 20.4 Å². The van der Waals surface area contributed by atoms with E-state index in [4.69, 9.17) is 6.42 Å². The molecule has 0 saturated carbocycles. The van der Waals surface area contributed by atoms with Gasteiger partial charge in [0, 0.05) is 32.2 Å². The zero-order valence-electron chi connectivity index (χ0n) is 10.7. The molecule has 0 radical (unpaired) electrons. The molecule has 0 bridgehead atoms. The summed E-state index contributed by atoms with van der Waals surface area (Å²) in [7, 11) is 4.21. The molecule has 0 spiro atoms. The average molecular weight is 238 g/mol. The molecule has 1 aliphatic heterocycles. The molecular weight excluding hydrogens is 216 g/mol. The fourth-order valence-electron chi connectivity index (χ4n) is 1.86. The van der Waals surface area contributed by atoms with Gasteiger partial charge in [0.2, 0.25) is 5.91 Å². The summed E-state index contributed by atoms with van der Waals surface area (Å²) in [4.78, 5) is 16.0. The van der Waals surface area contributed by atoms with Crippen LogP contribution in [-0.4, -0.2) is 75.1 Å². The van der Waals surface area contributed by atoms with Crippen LogP contribution in [0.2, 0.25) is 0 Å². The molecule has 17 heavy (non-hydrogen) atoms. The van der Waals surface area contributed by atoms with Crippen molar-refractivity contribution in [2.75, 3.05) is 53.4 Å². The van der Waals surface area contributed by atoms with Crippen molar-refractivity contribution in [3.05, 3.63) is 0 Å². The number of hydrogen-bond acceptors (Lipinski definition) is 4. The Morgan fingerprint density at radius 3 is 2.94 bits per heavy atom. The van der Waals surface area contributed by atoms with Crippen molar-refractivity contribution >= 4 is 5.91 Å². The van der Waals surface area contributed by atoms with Gasteiger partial charge in [0.15, 0.2) is 0 Å². The Morgan fingerprint density at radius 2 is 2.24 bits per heavy atom. The Morgan fingerprint density at radius 1 is 1.47 bits per heavy atom. The van der Waals surface area contributed by atoms with Crippen molar-refractivity contribution in [2.45, 2.75) is 6.04 Å². The highest BCUT2D eigenvalue weighted by Gasteiger charge is 2.22. The Hall–Kier alpha value is -1.09. The maximum Gasteiger partial charge on any atom is 0.234 e. The Labute approximate surface area is 104 Å². The van der Waals surface area contributed by atoms with E-state index in [9.17, 15) is 4.79 Å². The van der Waals surface area contributed by atoms with Crippen molar-refractivity contribution < 1.29 is 4.79 Å². The lowest BCUT2D eigenvalue weighted by molar-refractivity contribution is -0.120. The number of nitrogens with zero attached hydrogens (tertiary/aromatic N) is 2. The molecule has 96 valence electrons. The molecule has 2 N–H and O–H groups in total. The van der Waals surface area contributed by atoms with Gasteiger partial charge in [0.05, 0.1) is 13.1 Å². The maximum atomic E-state index is 11.5. The number of piperazine rings is 1. The topological polar surface area (TPSA) is 47.6 Å². The van der Waals surface area contributed by atoms with E-state index in [-0.39, 0.29) is 12.5 Å². The number of carbonyl (C=O) groups is 1. The van der Waals surface area contributed by atoms with Crippen molar-refractivity contribution in [3.63, 3.8) is 0 Å². The van der Waals surface area contributed by atoms with Crippen LogP contribution in [0.15, 0.2) is 0 Å². The predicted molar refractivity (Wildman–Crippen MR) is 68.6 cm³/mol. The molecule has 5 heteroatoms. The van der Waals surface area contributed by atoms with Gasteiger partial charge in [0.25, 0.3) is 0 Å². The van der Waals surface area contributed by atoms with Gasteiger partial charge in [-0.3, -0.25) is 15.0 Å². The maximum absolute atomic E-state index is 11.5. The van der Waals surface area contributed by atoms with Gasteiger partial charge >= 0.3 is 0 Å². The van der Waals surface area contributed by atoms with Crippen LogP contribution in [0.5, 0.6) is 0 Å². The smallest absolute Gasteiger partial charge is 0.234 e. The number of terminal acetylenes is 1. The van der Waals surface area contributed by atoms with Gasteiger partial charge in [-0.05, 0) is 14.1 Å². The lowest BCUT2D eigenvalue weighted by Gasteiger charge is -2.37. The summed E-state index contributed by atoms with van der Waals surface area (Å²) in [6.07, 6.45) is 5.08. The summed E-state index contributed by atoms with van der Waals surface area (Å²) in [6.45, 7) is 4.54. The van der Waals surface area contributed by atoms with Gasteiger partial charge in [-0.25, -0.2) is 0 Å². The molecule has 1 rings (SSSR count). The normalized spacial score (nSPS) is 22.1. The molecule has 1 fully saturated rings. The zero-order chi connectivity index (χ0) is 12.7. The molecule has 1 saturated heterocycles. The standard InChI is InChI=1S/C12H22N4O/c1-4-5-13-9-12(17)14-8-11-10-15(2)6-7-16(11)3/h1,11,13H,5-10H2,2-3H3,(H,14,17). The molecule has 0 aromatic heterocycles. The van der Waals surface area contributed by atoms with E-state index in [0.717, 1.165) is 19.6 Å². The van der Waals surface area contributed by atoms with E-state index in [2.05, 4.69) is 40.4 Å². The first-order valence-electron chi connectivity index (χ1n) is 5.93. The summed E-state index contributed by atoms with van der Waals surface area (Å²) in [5.74, 6) is 2.44. The number of nitrogens with one attached hydrogen (secondary N) is 2. The number of likely N-dealkylation sites (N-methyl/N-ethyl adjacent to an activating group) is 2. The third-order valence-corrected chi connectivity index (χ3v) is 3.03. The highest BCUT2D eigenvalue weighted by atomic mass is 16.1. The second-order valence-electron chi connectivity index (χ2n) is 4.51. The van der Waals surface area contributed by atoms with Crippen LogP contribution in [0, 0.1) is 12.3 Å². The summed E-state index contributed by atoms with van der Waals surface area (Å²) in [6, 6.07) is 0.394. The summed E-state index contributed by atoms with van der Waals surface area (Å²) >= 11 is 0. The van der Waals surface area contributed by atoms with Gasteiger partial charge in [0.1, 0.15) is 0 Å². The summed E-state index contributed by atoms with van der Waals surface area (Å²) in [5.41, 5.74) is 0. The van der Waals surface area contributed by atoms with E-state index in [0.29, 0.717) is 19.1 Å². The van der Waals surface area contributed by atoms with Crippen LogP contribution in [0.1, 0.15) is 0 Å². The molecule has 1 heterocycles. The van der Waals surface area contributed by atoms with Crippen LogP contribution < -0.4 is 10.6 Å². The van der Waals surface area contributed by atoms with Crippen LogP contribution in [0.25, 0.3) is 0 Å². The fourth-order valence-corrected chi connectivity index (χ4v) is 1.86. The molecule has 0 aromatic carbocycles. The van der Waals surface area contributed by atoms with Gasteiger partial charge < -0.3 is 10.2 Å². The minimum atomic E-state index is 0.00174. The second kappa shape index (κ2) is 7.28. The van der Waals surface area contributed by atoms with Gasteiger partial charge in [-0.2, -0.15) is 0 Å². The first-order chi connectivity index (χ1) is 8.13. The number of amides is 1. The first kappa shape index (κ1) is 14.0. The SMILES string of the molecule is C#CCNCC(=O)NCC1CN(C)CCN1C. The second-order valence-corrected chi connectivity index (χ2v) is 4.51. The molecule has 0 aromatic rings. The fraction of sp³-hybridized carbons (Fsp3) is 0.750. The Balaban J connectivity index is 2.20. The van der Waals surface area contributed by atoms with Crippen molar-refractivity contribution in [1.29, 1.82) is 0 Å². The molecule has 5 nitrogen and oxygen atoms in total. The zero-order valence-corrected chi connectivity index (χ0v) is 10.7. The van der Waals surface area contributed by atoms with Crippen LogP contribution in [0.3, 0.4) is 0 Å². The molecule has 1 amide bonds. The lowest BCUT2D eigenvalue weighted by Crippen LogP contribution is -2.54. The van der Waals surface area contributed by atoms with E-state index >= 15 is 0 Å². The average Bonchev–Trinajstić information content (AvgIpc) is 2.31. The van der Waals surface area contributed by atoms with E-state index in [1.165, 1.54) is 0 Å². The van der Waals surface area contributed by atoms with Crippen LogP contribution in [-0.2, 0) is 4.79 Å². The van der Waals surface area contributed by atoms with Crippen LogP contribution >= 0.6 is 0 Å². The molecular formula is C12H22N4O. The summed E-state index contributed by atoms with van der Waals surface area (Å²) in [5, 5.41) is 5.79. The third-order valence-electron chi connectivity index (χ3n) is 3.03. The van der Waals surface area contributed by atoms with E-state index < -0.39 is 0 Å². The van der Waals surface area contributed by atoms with E-state index in [1.54, 1.807) is 0 Å². The van der Waals surface area contributed by atoms with Gasteiger partial charge in [-0.1, -0.05) is 5.92 Å². The van der Waals surface area contributed by atoms with Crippen molar-refractivity contribution in [2.24, 2.45) is 0 Å². The minimum absolute atomic E-state index is 0.00174.